The number of hydrogen-bond acceptors (Lipinski definition) is 5. The average Bonchev–Trinajstić information content (AvgIpc) is 2.37. The highest BCUT2D eigenvalue weighted by Gasteiger charge is 2.36. The first-order chi connectivity index (χ1) is 8.97. The predicted molar refractivity (Wildman–Crippen MR) is 71.9 cm³/mol. The van der Waals surface area contributed by atoms with E-state index in [0.29, 0.717) is 12.8 Å². The van der Waals surface area contributed by atoms with Crippen LogP contribution < -0.4 is 5.73 Å². The van der Waals surface area contributed by atoms with Crippen molar-refractivity contribution >= 4 is 15.8 Å². The maximum atomic E-state index is 11.2. The number of hydrogen-bond donors (Lipinski definition) is 2. The van der Waals surface area contributed by atoms with Gasteiger partial charge >= 0.3 is 0 Å². The molecule has 3 atom stereocenters. The minimum absolute atomic E-state index is 0.216. The van der Waals surface area contributed by atoms with E-state index in [2.05, 4.69) is 10.2 Å². The second kappa shape index (κ2) is 5.77. The van der Waals surface area contributed by atoms with Gasteiger partial charge in [0.15, 0.2) is 0 Å². The van der Waals surface area contributed by atoms with Crippen molar-refractivity contribution in [3.8, 4) is 0 Å². The normalized spacial score (nSPS) is 28.6. The molecular weight excluding hydrogens is 266 g/mol. The van der Waals surface area contributed by atoms with Gasteiger partial charge in [-0.05, 0) is 31.4 Å². The molecule has 0 aliphatic heterocycles. The molecule has 1 saturated carbocycles. The molecular formula is C12H17N3O3S. The first kappa shape index (κ1) is 14.1. The van der Waals surface area contributed by atoms with Crippen molar-refractivity contribution in [3.05, 3.63) is 30.3 Å². The zero-order valence-corrected chi connectivity index (χ0v) is 11.2. The van der Waals surface area contributed by atoms with E-state index in [1.807, 2.05) is 30.3 Å². The predicted octanol–water partition coefficient (Wildman–Crippen LogP) is 1.91. The Morgan fingerprint density at radius 1 is 1.21 bits per heavy atom. The molecule has 3 N–H and O–H groups in total. The molecule has 104 valence electrons. The van der Waals surface area contributed by atoms with Crippen molar-refractivity contribution in [1.82, 2.24) is 0 Å². The van der Waals surface area contributed by atoms with Gasteiger partial charge in [-0.15, -0.1) is 0 Å². The zero-order valence-electron chi connectivity index (χ0n) is 10.4. The number of rotatable bonds is 3. The van der Waals surface area contributed by atoms with Gasteiger partial charge < -0.3 is 5.73 Å². The van der Waals surface area contributed by atoms with Crippen LogP contribution in [-0.2, 0) is 10.1 Å². The summed E-state index contributed by atoms with van der Waals surface area (Å²) >= 11 is 0. The van der Waals surface area contributed by atoms with E-state index in [1.165, 1.54) is 0 Å². The fraction of sp³-hybridized carbons (Fsp3) is 0.500. The third kappa shape index (κ3) is 3.82. The molecule has 0 amide bonds. The van der Waals surface area contributed by atoms with E-state index < -0.39 is 21.4 Å². The van der Waals surface area contributed by atoms with Crippen molar-refractivity contribution < 1.29 is 13.0 Å². The van der Waals surface area contributed by atoms with Crippen LogP contribution in [0.5, 0.6) is 0 Å². The molecule has 2 rings (SSSR count). The van der Waals surface area contributed by atoms with Crippen LogP contribution in [-0.4, -0.2) is 30.3 Å². The van der Waals surface area contributed by atoms with Gasteiger partial charge in [0.2, 0.25) is 0 Å². The van der Waals surface area contributed by atoms with Crippen LogP contribution in [0.4, 0.5) is 5.69 Å². The molecule has 0 bridgehead atoms. The van der Waals surface area contributed by atoms with E-state index in [4.69, 9.17) is 10.3 Å². The first-order valence-electron chi connectivity index (χ1n) is 6.14. The standard InChI is InChI=1S/C12H17N3O3S/c13-11-7-6-10(8-12(11)19(16,17)18)15-14-9-4-2-1-3-5-9/h1-5,10-12H,6-8,13H2,(H,16,17,18). The summed E-state index contributed by atoms with van der Waals surface area (Å²) < 4.78 is 31.6. The Bertz CT molecular complexity index is 545. The van der Waals surface area contributed by atoms with Gasteiger partial charge in [-0.3, -0.25) is 4.55 Å². The minimum atomic E-state index is -4.12. The Morgan fingerprint density at radius 3 is 2.53 bits per heavy atom. The molecule has 0 radical (unpaired) electrons. The fourth-order valence-corrected chi connectivity index (χ4v) is 3.27. The molecule has 0 heterocycles. The van der Waals surface area contributed by atoms with E-state index in [-0.39, 0.29) is 12.5 Å². The number of nitrogens with zero attached hydrogens (tertiary/aromatic N) is 2. The van der Waals surface area contributed by atoms with Crippen molar-refractivity contribution in [3.63, 3.8) is 0 Å². The summed E-state index contributed by atoms with van der Waals surface area (Å²) in [5.41, 5.74) is 6.45. The molecule has 7 heteroatoms. The summed E-state index contributed by atoms with van der Waals surface area (Å²) in [6.45, 7) is 0. The second-order valence-corrected chi connectivity index (χ2v) is 6.37. The van der Waals surface area contributed by atoms with Gasteiger partial charge in [0, 0.05) is 6.04 Å². The minimum Gasteiger partial charge on any atom is -0.326 e. The van der Waals surface area contributed by atoms with Crippen LogP contribution in [0, 0.1) is 0 Å². The summed E-state index contributed by atoms with van der Waals surface area (Å²) in [6, 6.07) is 8.48. The second-order valence-electron chi connectivity index (χ2n) is 4.74. The van der Waals surface area contributed by atoms with Crippen molar-refractivity contribution in [1.29, 1.82) is 0 Å². The number of nitrogens with two attached hydrogens (primary N) is 1. The van der Waals surface area contributed by atoms with Gasteiger partial charge in [-0.2, -0.15) is 18.6 Å². The Labute approximate surface area is 112 Å². The summed E-state index contributed by atoms with van der Waals surface area (Å²) in [4.78, 5) is 0. The largest absolute Gasteiger partial charge is 0.326 e. The molecule has 0 aromatic heterocycles. The van der Waals surface area contributed by atoms with E-state index in [0.717, 1.165) is 5.69 Å². The lowest BCUT2D eigenvalue weighted by atomic mass is 9.92. The van der Waals surface area contributed by atoms with E-state index in [1.54, 1.807) is 0 Å². The number of azo groups is 1. The molecule has 19 heavy (non-hydrogen) atoms. The third-order valence-corrected chi connectivity index (χ3v) is 4.60. The summed E-state index contributed by atoms with van der Waals surface area (Å²) in [5, 5.41) is 7.28. The molecule has 1 aliphatic rings. The van der Waals surface area contributed by atoms with Crippen LogP contribution in [0.2, 0.25) is 0 Å². The lowest BCUT2D eigenvalue weighted by Gasteiger charge is -2.29. The highest BCUT2D eigenvalue weighted by molar-refractivity contribution is 7.86. The topological polar surface area (TPSA) is 105 Å². The smallest absolute Gasteiger partial charge is 0.269 e. The van der Waals surface area contributed by atoms with Gasteiger partial charge in [-0.1, -0.05) is 18.2 Å². The Hall–Kier alpha value is -1.31. The highest BCUT2D eigenvalue weighted by atomic mass is 32.2. The lowest BCUT2D eigenvalue weighted by molar-refractivity contribution is 0.362. The summed E-state index contributed by atoms with van der Waals surface area (Å²) in [6.07, 6.45) is 1.42. The monoisotopic (exact) mass is 283 g/mol. The van der Waals surface area contributed by atoms with Crippen molar-refractivity contribution in [2.24, 2.45) is 16.0 Å². The molecule has 1 aliphatic carbocycles. The maximum Gasteiger partial charge on any atom is 0.269 e. The van der Waals surface area contributed by atoms with Gasteiger partial charge in [-0.25, -0.2) is 0 Å². The zero-order chi connectivity index (χ0) is 13.9. The number of benzene rings is 1. The van der Waals surface area contributed by atoms with Crippen molar-refractivity contribution in [2.45, 2.75) is 36.6 Å². The molecule has 0 spiro atoms. The molecule has 1 aromatic rings. The summed E-state index contributed by atoms with van der Waals surface area (Å²) in [5.74, 6) is 0. The Kier molecular flexibility index (Phi) is 4.28. The summed E-state index contributed by atoms with van der Waals surface area (Å²) in [7, 11) is -4.12. The Morgan fingerprint density at radius 2 is 1.89 bits per heavy atom. The highest BCUT2D eigenvalue weighted by Crippen LogP contribution is 2.26. The van der Waals surface area contributed by atoms with Crippen LogP contribution in [0.1, 0.15) is 19.3 Å². The maximum absolute atomic E-state index is 11.2. The van der Waals surface area contributed by atoms with E-state index >= 15 is 0 Å². The SMILES string of the molecule is NC1CCC(N=Nc2ccccc2)CC1S(=O)(=O)O. The van der Waals surface area contributed by atoms with Gasteiger partial charge in [0.1, 0.15) is 5.25 Å². The van der Waals surface area contributed by atoms with Crippen LogP contribution in [0.3, 0.4) is 0 Å². The molecule has 1 fully saturated rings. The quantitative estimate of drug-likeness (QED) is 0.652. The lowest BCUT2D eigenvalue weighted by Crippen LogP contribution is -2.45. The molecule has 0 saturated heterocycles. The fourth-order valence-electron chi connectivity index (χ4n) is 2.22. The first-order valence-corrected chi connectivity index (χ1v) is 7.65. The van der Waals surface area contributed by atoms with Crippen LogP contribution in [0.25, 0.3) is 0 Å². The Balaban J connectivity index is 2.05. The van der Waals surface area contributed by atoms with Gasteiger partial charge in [0.25, 0.3) is 10.1 Å². The van der Waals surface area contributed by atoms with Crippen molar-refractivity contribution in [2.75, 3.05) is 0 Å². The van der Waals surface area contributed by atoms with E-state index in [9.17, 15) is 8.42 Å². The van der Waals surface area contributed by atoms with Gasteiger partial charge in [0.05, 0.1) is 11.7 Å². The van der Waals surface area contributed by atoms with Crippen LogP contribution >= 0.6 is 0 Å². The molecule has 1 aromatic carbocycles. The average molecular weight is 283 g/mol. The third-order valence-electron chi connectivity index (χ3n) is 3.29. The molecule has 6 nitrogen and oxygen atoms in total. The molecule has 3 unspecified atom stereocenters. The van der Waals surface area contributed by atoms with Crippen LogP contribution in [0.15, 0.2) is 40.6 Å².